The molecule has 0 aromatic heterocycles. The van der Waals surface area contributed by atoms with Gasteiger partial charge in [-0.1, -0.05) is 6.42 Å². The van der Waals surface area contributed by atoms with E-state index in [1.807, 2.05) is 41.4 Å². The summed E-state index contributed by atoms with van der Waals surface area (Å²) in [6.45, 7) is 3.74. The first kappa shape index (κ1) is 28.6. The molecular weight excluding hydrogens is 555 g/mol. The molecule has 0 aromatic carbocycles. The van der Waals surface area contributed by atoms with Crippen LogP contribution in [0.25, 0.3) is 0 Å². The molecule has 8 unspecified atom stereocenters. The zero-order valence-electron chi connectivity index (χ0n) is 22.5. The molecular formula is C26H44N7O3S3+. The number of ether oxygens (including phenoxy) is 1. The fourth-order valence-corrected chi connectivity index (χ4v) is 12.2. The van der Waals surface area contributed by atoms with E-state index >= 15 is 0 Å². The van der Waals surface area contributed by atoms with Gasteiger partial charge in [-0.05, 0) is 30.9 Å². The minimum absolute atomic E-state index is 0.0719. The fraction of sp³-hybridized carbons (Fsp3) is 0.846. The van der Waals surface area contributed by atoms with Crippen molar-refractivity contribution in [2.24, 2.45) is 17.6 Å². The van der Waals surface area contributed by atoms with Crippen molar-refractivity contribution in [2.45, 2.75) is 78.4 Å². The van der Waals surface area contributed by atoms with Gasteiger partial charge in [0.2, 0.25) is 5.91 Å². The number of nitrogens with one attached hydrogen (secondary N) is 4. The van der Waals surface area contributed by atoms with Crippen molar-refractivity contribution in [3.63, 3.8) is 0 Å². The third-order valence-corrected chi connectivity index (χ3v) is 13.9. The number of carbonyl (C=O) groups is 2. The maximum atomic E-state index is 13.1. The molecule has 5 heterocycles. The predicted octanol–water partition coefficient (Wildman–Crippen LogP) is -0.913. The lowest BCUT2D eigenvalue weighted by molar-refractivity contribution is -0.431. The van der Waals surface area contributed by atoms with E-state index in [-0.39, 0.29) is 35.3 Å². The Morgan fingerprint density at radius 3 is 2.77 bits per heavy atom. The Kier molecular flexibility index (Phi) is 9.38. The highest BCUT2D eigenvalue weighted by molar-refractivity contribution is 8.07. The molecule has 0 bridgehead atoms. The number of nitrogens with zero attached hydrogens (tertiary/aromatic N) is 1. The molecule has 5 fully saturated rings. The molecule has 0 aromatic rings. The molecule has 6 aliphatic rings. The topological polar surface area (TPSA) is 148 Å². The monoisotopic (exact) mass is 598 g/mol. The number of ketones is 1. The van der Waals surface area contributed by atoms with Crippen molar-refractivity contribution >= 4 is 47.0 Å². The van der Waals surface area contributed by atoms with Gasteiger partial charge in [0.1, 0.15) is 6.29 Å². The lowest BCUT2D eigenvalue weighted by Crippen LogP contribution is -2.76. The maximum Gasteiger partial charge on any atom is 0.224 e. The van der Waals surface area contributed by atoms with Crippen molar-refractivity contribution in [1.29, 1.82) is 0 Å². The number of morpholine rings is 1. The fourth-order valence-electron chi connectivity index (χ4n) is 6.89. The van der Waals surface area contributed by atoms with E-state index in [2.05, 4.69) is 31.9 Å². The average molecular weight is 599 g/mol. The molecule has 1 amide bonds. The van der Waals surface area contributed by atoms with E-state index in [0.29, 0.717) is 41.1 Å². The number of quaternary nitrogens is 1. The largest absolute Gasteiger partial charge is 0.378 e. The van der Waals surface area contributed by atoms with Crippen LogP contribution in [0.3, 0.4) is 0 Å². The number of carbonyl (C=O) groups excluding carboxylic acids is 2. The molecule has 6 rings (SSSR count). The molecule has 10 atom stereocenters. The van der Waals surface area contributed by atoms with Gasteiger partial charge >= 0.3 is 0 Å². The standard InChI is InChI=1S/C26H43N7O3S3/c27-17-3-1-2-4-18(17)31-26-29-11-15(24(28)35)25(32-26)30-14-9-20(37-12-14)16-13-38-23-19(34)10-21(39-22(16)23)33-5-7-36-8-6-33/h10,14-18,20,22-23,25-26,29-32H,1-9,11-13,27H2,(H2,28,35)/p+1/t14?,15?,16?,17-,18+,20?,22?,23?,25?,26?/m1/s1. The number of nitrogens with two attached hydrogens (primary N) is 1. The highest BCUT2D eigenvalue weighted by Crippen LogP contribution is 2.51. The highest BCUT2D eigenvalue weighted by atomic mass is 32.2. The quantitative estimate of drug-likeness (QED) is 0.216. The van der Waals surface area contributed by atoms with Crippen LogP contribution in [0.15, 0.2) is 11.1 Å². The second kappa shape index (κ2) is 12.8. The molecule has 10 nitrogen and oxygen atoms in total. The summed E-state index contributed by atoms with van der Waals surface area (Å²) >= 11 is 5.81. The van der Waals surface area contributed by atoms with E-state index in [1.54, 1.807) is 0 Å². The molecule has 13 heteroatoms. The van der Waals surface area contributed by atoms with Crippen LogP contribution in [-0.2, 0) is 14.3 Å². The highest BCUT2D eigenvalue weighted by Gasteiger charge is 2.49. The van der Waals surface area contributed by atoms with Gasteiger partial charge in [0.05, 0.1) is 47.7 Å². The van der Waals surface area contributed by atoms with Crippen LogP contribution in [0.2, 0.25) is 0 Å². The Morgan fingerprint density at radius 1 is 1.15 bits per heavy atom. The van der Waals surface area contributed by atoms with Gasteiger partial charge in [-0.25, -0.2) is 0 Å². The van der Waals surface area contributed by atoms with Gasteiger partial charge in [-0.15, -0.1) is 23.5 Å². The minimum atomic E-state index is -0.312. The third-order valence-electron chi connectivity index (χ3n) is 9.18. The van der Waals surface area contributed by atoms with E-state index in [1.165, 1.54) is 12.8 Å². The van der Waals surface area contributed by atoms with Gasteiger partial charge in [-0.3, -0.25) is 30.9 Å². The van der Waals surface area contributed by atoms with E-state index in [9.17, 15) is 9.59 Å². The van der Waals surface area contributed by atoms with Gasteiger partial charge in [-0.2, -0.15) is 11.8 Å². The second-order valence-corrected chi connectivity index (χ2v) is 15.4. The minimum Gasteiger partial charge on any atom is -0.378 e. The van der Waals surface area contributed by atoms with Crippen LogP contribution in [0.5, 0.6) is 0 Å². The van der Waals surface area contributed by atoms with Crippen molar-refractivity contribution in [1.82, 2.24) is 26.2 Å². The SMILES string of the molecule is NC(=O)C1CNC(N[C@H]2CCCC[C@H]2[NH3+])NC1NC1CSC(C2CSC3C(=O)C=C(N4CCOCC4)SC32)C1. The lowest BCUT2D eigenvalue weighted by atomic mass is 9.91. The van der Waals surface area contributed by atoms with Crippen LogP contribution in [0.1, 0.15) is 32.1 Å². The van der Waals surface area contributed by atoms with Gasteiger partial charge in [0.15, 0.2) is 5.78 Å². The van der Waals surface area contributed by atoms with Gasteiger partial charge in [0.25, 0.3) is 0 Å². The number of hydrogen-bond donors (Lipinski definition) is 6. The molecule has 1 saturated carbocycles. The Hall–Kier alpha value is -0.510. The van der Waals surface area contributed by atoms with Crippen LogP contribution < -0.4 is 32.7 Å². The van der Waals surface area contributed by atoms with Crippen molar-refractivity contribution in [3.05, 3.63) is 11.1 Å². The molecule has 0 spiro atoms. The summed E-state index contributed by atoms with van der Waals surface area (Å²) in [5.74, 6) is 2.24. The number of rotatable bonds is 7. The first-order valence-corrected chi connectivity index (χ1v) is 17.6. The summed E-state index contributed by atoms with van der Waals surface area (Å²) in [6.07, 6.45) is 7.47. The smallest absolute Gasteiger partial charge is 0.224 e. The molecule has 5 aliphatic heterocycles. The number of amides is 1. The first-order chi connectivity index (χ1) is 19.0. The summed E-state index contributed by atoms with van der Waals surface area (Å²) in [7, 11) is 0. The number of hydrogen-bond acceptors (Lipinski definition) is 11. The number of allylic oxidation sites excluding steroid dienone is 1. The molecule has 39 heavy (non-hydrogen) atoms. The van der Waals surface area contributed by atoms with E-state index in [4.69, 9.17) is 10.5 Å². The Labute approximate surface area is 244 Å². The van der Waals surface area contributed by atoms with E-state index < -0.39 is 0 Å². The van der Waals surface area contributed by atoms with E-state index in [0.717, 1.165) is 62.1 Å². The Bertz CT molecular complexity index is 938. The summed E-state index contributed by atoms with van der Waals surface area (Å²) in [5, 5.41) is 16.6. The summed E-state index contributed by atoms with van der Waals surface area (Å²) in [5.41, 5.74) is 10.2. The molecule has 4 saturated heterocycles. The molecule has 0 radical (unpaired) electrons. The Morgan fingerprint density at radius 2 is 1.97 bits per heavy atom. The van der Waals surface area contributed by atoms with Gasteiger partial charge in [0, 0.05) is 54.4 Å². The second-order valence-electron chi connectivity index (χ2n) is 11.8. The van der Waals surface area contributed by atoms with Crippen LogP contribution in [0.4, 0.5) is 0 Å². The molecule has 9 N–H and O–H groups in total. The normalized spacial score (nSPS) is 43.3. The van der Waals surface area contributed by atoms with Crippen LogP contribution in [0, 0.1) is 11.8 Å². The van der Waals surface area contributed by atoms with Crippen molar-refractivity contribution < 1.29 is 20.1 Å². The molecule has 1 aliphatic carbocycles. The van der Waals surface area contributed by atoms with Crippen LogP contribution in [-0.4, -0.2) is 107 Å². The number of thioether (sulfide) groups is 3. The summed E-state index contributed by atoms with van der Waals surface area (Å²) < 4.78 is 5.53. The molecule has 218 valence electrons. The summed E-state index contributed by atoms with van der Waals surface area (Å²) in [6, 6.07) is 1.09. The number of fused-ring (bicyclic) bond motifs is 1. The Balaban J connectivity index is 1.06. The average Bonchev–Trinajstić information content (AvgIpc) is 3.58. The zero-order valence-corrected chi connectivity index (χ0v) is 25.0. The predicted molar refractivity (Wildman–Crippen MR) is 158 cm³/mol. The maximum absolute atomic E-state index is 13.1. The van der Waals surface area contributed by atoms with Crippen LogP contribution >= 0.6 is 35.3 Å². The third kappa shape index (κ3) is 6.46. The zero-order chi connectivity index (χ0) is 26.9. The first-order valence-electron chi connectivity index (χ1n) is 14.6. The number of primary amides is 1. The summed E-state index contributed by atoms with van der Waals surface area (Å²) in [4.78, 5) is 27.7. The van der Waals surface area contributed by atoms with Gasteiger partial charge < -0.3 is 21.1 Å². The van der Waals surface area contributed by atoms with Crippen molar-refractivity contribution in [3.8, 4) is 0 Å². The lowest BCUT2D eigenvalue weighted by Gasteiger charge is -2.41. The van der Waals surface area contributed by atoms with Crippen molar-refractivity contribution in [2.75, 3.05) is 44.4 Å².